The Morgan fingerprint density at radius 1 is 1.31 bits per heavy atom. The van der Waals surface area contributed by atoms with Crippen LogP contribution in [0.15, 0.2) is 30.7 Å². The van der Waals surface area contributed by atoms with E-state index < -0.39 is 24.3 Å². The maximum atomic E-state index is 15.3. The van der Waals surface area contributed by atoms with Gasteiger partial charge in [0.2, 0.25) is 5.95 Å². The summed E-state index contributed by atoms with van der Waals surface area (Å²) in [5, 5.41) is 27.2. The first-order valence-corrected chi connectivity index (χ1v) is 13.2. The molecule has 3 aliphatic rings. The Kier molecular flexibility index (Phi) is 5.33. The topological polar surface area (TPSA) is 151 Å². The lowest BCUT2D eigenvalue weighted by atomic mass is 10.0. The van der Waals surface area contributed by atoms with Gasteiger partial charge in [-0.3, -0.25) is 14.2 Å². The number of ether oxygens (including phenoxy) is 1. The van der Waals surface area contributed by atoms with E-state index in [1.807, 2.05) is 17.7 Å². The fourth-order valence-corrected chi connectivity index (χ4v) is 5.25. The standard InChI is InChI=1S/C26H27FN10O2/c1-26(7-8-26)33-25(38)39-20-5-4-16(22(20)27)18-10-21(35-34-18)32-24-29-12-17(23-31-14(11-28)13-36(23)24)19-6-9-30-37(19)15-2-3-15/h6,9-10,12-13,15-16,20,22H,2-5,7-8H2,1H3,(H,33,38)(H2,29,32,34,35)/t16-,20-,22+/m0/s1. The molecule has 0 aliphatic heterocycles. The van der Waals surface area contributed by atoms with Gasteiger partial charge < -0.3 is 15.4 Å². The molecule has 7 rings (SSSR count). The monoisotopic (exact) mass is 530 g/mol. The predicted molar refractivity (Wildman–Crippen MR) is 137 cm³/mol. The Labute approximate surface area is 222 Å². The molecular weight excluding hydrogens is 503 g/mol. The highest BCUT2D eigenvalue weighted by atomic mass is 19.1. The van der Waals surface area contributed by atoms with Crippen molar-refractivity contribution in [2.75, 3.05) is 5.32 Å². The maximum absolute atomic E-state index is 15.3. The highest BCUT2D eigenvalue weighted by Gasteiger charge is 2.43. The van der Waals surface area contributed by atoms with Crippen molar-refractivity contribution in [3.63, 3.8) is 0 Å². The number of aromatic nitrogens is 7. The number of amides is 1. The quantitative estimate of drug-likeness (QED) is 0.323. The number of anilines is 2. The Bertz CT molecular complexity index is 1610. The molecule has 0 saturated heterocycles. The van der Waals surface area contributed by atoms with Crippen molar-refractivity contribution >= 4 is 23.5 Å². The van der Waals surface area contributed by atoms with Gasteiger partial charge in [0.05, 0.1) is 23.5 Å². The van der Waals surface area contributed by atoms with Crippen molar-refractivity contribution in [3.8, 4) is 17.3 Å². The molecule has 3 N–H and O–H groups in total. The van der Waals surface area contributed by atoms with Crippen LogP contribution in [0.5, 0.6) is 0 Å². The summed E-state index contributed by atoms with van der Waals surface area (Å²) < 4.78 is 24.4. The molecule has 39 heavy (non-hydrogen) atoms. The molecule has 3 saturated carbocycles. The van der Waals surface area contributed by atoms with Gasteiger partial charge >= 0.3 is 6.09 Å². The van der Waals surface area contributed by atoms with E-state index in [9.17, 15) is 10.1 Å². The summed E-state index contributed by atoms with van der Waals surface area (Å²) in [4.78, 5) is 21.3. The summed E-state index contributed by atoms with van der Waals surface area (Å²) in [5.74, 6) is 0.379. The van der Waals surface area contributed by atoms with Gasteiger partial charge in [-0.2, -0.15) is 15.5 Å². The highest BCUT2D eigenvalue weighted by Crippen LogP contribution is 2.40. The summed E-state index contributed by atoms with van der Waals surface area (Å²) in [5.41, 5.74) is 2.88. The third kappa shape index (κ3) is 4.35. The van der Waals surface area contributed by atoms with Crippen LogP contribution >= 0.6 is 0 Å². The lowest BCUT2D eigenvalue weighted by Crippen LogP contribution is -2.38. The van der Waals surface area contributed by atoms with E-state index in [1.54, 1.807) is 29.1 Å². The molecule has 12 nitrogen and oxygen atoms in total. The fraction of sp³-hybridized carbons (Fsp3) is 0.462. The summed E-state index contributed by atoms with van der Waals surface area (Å²) in [7, 11) is 0. The van der Waals surface area contributed by atoms with Gasteiger partial charge in [0, 0.05) is 35.6 Å². The number of halogens is 1. The molecule has 3 fully saturated rings. The van der Waals surface area contributed by atoms with Crippen LogP contribution in [0.2, 0.25) is 0 Å². The number of alkyl carbamates (subject to hydrolysis) is 1. The second kappa shape index (κ2) is 8.79. The number of carbonyl (C=O) groups is 1. The van der Waals surface area contributed by atoms with Crippen molar-refractivity contribution in [3.05, 3.63) is 42.1 Å². The molecular formula is C26H27FN10O2. The normalized spacial score (nSPS) is 23.5. The van der Waals surface area contributed by atoms with Gasteiger partial charge in [-0.05, 0) is 51.5 Å². The van der Waals surface area contributed by atoms with E-state index in [1.165, 1.54) is 0 Å². The van der Waals surface area contributed by atoms with E-state index in [0.717, 1.165) is 36.9 Å². The zero-order valence-electron chi connectivity index (χ0n) is 21.3. The molecule has 3 aliphatic carbocycles. The number of imidazole rings is 1. The lowest BCUT2D eigenvalue weighted by Gasteiger charge is -2.19. The molecule has 4 aromatic heterocycles. The number of nitrogens with one attached hydrogen (secondary N) is 3. The van der Waals surface area contributed by atoms with Crippen molar-refractivity contribution in [1.29, 1.82) is 5.26 Å². The number of nitrogens with zero attached hydrogens (tertiary/aromatic N) is 7. The van der Waals surface area contributed by atoms with Gasteiger partial charge in [0.15, 0.2) is 17.2 Å². The summed E-state index contributed by atoms with van der Waals surface area (Å²) in [6, 6.07) is 6.12. The molecule has 13 heteroatoms. The largest absolute Gasteiger partial charge is 0.443 e. The van der Waals surface area contributed by atoms with Crippen molar-refractivity contribution < 1.29 is 13.9 Å². The second-order valence-corrected chi connectivity index (χ2v) is 10.9. The average Bonchev–Trinajstić information content (AvgIpc) is 3.59. The summed E-state index contributed by atoms with van der Waals surface area (Å²) in [6.07, 6.45) is 7.31. The van der Waals surface area contributed by atoms with Crippen LogP contribution in [0.3, 0.4) is 0 Å². The molecule has 0 aromatic carbocycles. The predicted octanol–water partition coefficient (Wildman–Crippen LogP) is 4.13. The molecule has 4 aromatic rings. The van der Waals surface area contributed by atoms with E-state index in [4.69, 9.17) is 4.74 Å². The number of rotatable bonds is 7. The first-order valence-electron chi connectivity index (χ1n) is 13.2. The van der Waals surface area contributed by atoms with Crippen LogP contribution in [-0.2, 0) is 4.74 Å². The van der Waals surface area contributed by atoms with Gasteiger partial charge in [-0.25, -0.2) is 19.2 Å². The maximum Gasteiger partial charge on any atom is 0.407 e. The lowest BCUT2D eigenvalue weighted by molar-refractivity contribution is 0.0546. The smallest absolute Gasteiger partial charge is 0.407 e. The average molecular weight is 531 g/mol. The van der Waals surface area contributed by atoms with Gasteiger partial charge in [0.25, 0.3) is 0 Å². The third-order valence-electron chi connectivity index (χ3n) is 7.85. The van der Waals surface area contributed by atoms with Crippen molar-refractivity contribution in [2.45, 2.75) is 75.2 Å². The molecule has 0 radical (unpaired) electrons. The fourth-order valence-electron chi connectivity index (χ4n) is 5.25. The zero-order valence-corrected chi connectivity index (χ0v) is 21.3. The van der Waals surface area contributed by atoms with Crippen LogP contribution in [0.1, 0.15) is 68.8 Å². The molecule has 200 valence electrons. The molecule has 1 amide bonds. The first-order chi connectivity index (χ1) is 18.9. The van der Waals surface area contributed by atoms with Crippen LogP contribution in [-0.4, -0.2) is 58.3 Å². The van der Waals surface area contributed by atoms with E-state index in [-0.39, 0.29) is 11.2 Å². The van der Waals surface area contributed by atoms with Crippen molar-refractivity contribution in [2.24, 2.45) is 0 Å². The number of hydrogen-bond donors (Lipinski definition) is 3. The van der Waals surface area contributed by atoms with Crippen LogP contribution in [0.25, 0.3) is 16.9 Å². The molecule has 3 atom stereocenters. The number of aromatic amines is 1. The zero-order chi connectivity index (χ0) is 26.7. The number of hydrogen-bond acceptors (Lipinski definition) is 8. The molecule has 0 bridgehead atoms. The minimum Gasteiger partial charge on any atom is -0.443 e. The third-order valence-corrected chi connectivity index (χ3v) is 7.85. The van der Waals surface area contributed by atoms with Crippen molar-refractivity contribution in [1.82, 2.24) is 39.7 Å². The molecule has 0 spiro atoms. The van der Waals surface area contributed by atoms with E-state index >= 15 is 4.39 Å². The van der Waals surface area contributed by atoms with E-state index in [2.05, 4.69) is 42.0 Å². The number of carbonyl (C=O) groups excluding carboxylic acids is 1. The van der Waals surface area contributed by atoms with Gasteiger partial charge in [-0.1, -0.05) is 0 Å². The SMILES string of the molecule is CC1(NC(=O)O[C@H]2CC[C@@H](c3cc(Nc4ncc(-c5ccnn5C5CC5)c5nc(C#N)cn45)n[nH]3)[C@H]2F)CC1. The number of H-pyrrole nitrogens is 1. The van der Waals surface area contributed by atoms with E-state index in [0.29, 0.717) is 42.0 Å². The number of nitriles is 1. The molecule has 0 unspecified atom stereocenters. The van der Waals surface area contributed by atoms with Crippen LogP contribution in [0.4, 0.5) is 21.0 Å². The number of fused-ring (bicyclic) bond motifs is 1. The Morgan fingerprint density at radius 2 is 2.15 bits per heavy atom. The minimum atomic E-state index is -1.34. The highest BCUT2D eigenvalue weighted by molar-refractivity contribution is 5.77. The van der Waals surface area contributed by atoms with Gasteiger partial charge in [0.1, 0.15) is 18.3 Å². The van der Waals surface area contributed by atoms with Crippen LogP contribution < -0.4 is 10.6 Å². The minimum absolute atomic E-state index is 0.218. The second-order valence-electron chi connectivity index (χ2n) is 10.9. The Balaban J connectivity index is 1.10. The summed E-state index contributed by atoms with van der Waals surface area (Å²) >= 11 is 0. The first kappa shape index (κ1) is 23.6. The van der Waals surface area contributed by atoms with Crippen LogP contribution in [0, 0.1) is 11.3 Å². The molecule has 4 heterocycles. The Hall–Kier alpha value is -4.47. The van der Waals surface area contributed by atoms with Gasteiger partial charge in [-0.15, -0.1) is 0 Å². The Morgan fingerprint density at radius 3 is 2.92 bits per heavy atom. The number of alkyl halides is 1. The summed E-state index contributed by atoms with van der Waals surface area (Å²) in [6.45, 7) is 1.95.